The Kier molecular flexibility index (Phi) is 3.19. The third-order valence-corrected chi connectivity index (χ3v) is 1.01. The van der Waals surface area contributed by atoms with E-state index in [1.807, 2.05) is 0 Å². The van der Waals surface area contributed by atoms with Crippen LogP contribution in [-0.4, -0.2) is 27.6 Å². The Hall–Kier alpha value is -0.610. The first-order chi connectivity index (χ1) is 4.04. The molecule has 3 N–H and O–H groups in total. The Morgan fingerprint density at radius 3 is 2.11 bits per heavy atom. The van der Waals surface area contributed by atoms with E-state index in [0.717, 1.165) is 0 Å². The Labute approximate surface area is 52.7 Å². The maximum Gasteiger partial charge on any atom is 0.303 e. The number of carboxylic acid groups (broad SMARTS) is 1. The topological polar surface area (TPSA) is 77.8 Å². The van der Waals surface area contributed by atoms with Gasteiger partial charge >= 0.3 is 5.97 Å². The van der Waals surface area contributed by atoms with Gasteiger partial charge in [-0.05, 0) is 0 Å². The van der Waals surface area contributed by atoms with Gasteiger partial charge in [-0.1, -0.05) is 6.92 Å². The molecule has 4 heteroatoms. The first-order valence-corrected chi connectivity index (χ1v) is 2.62. The zero-order valence-electron chi connectivity index (χ0n) is 5.11. The summed E-state index contributed by atoms with van der Waals surface area (Å²) in [6, 6.07) is 0. The molecule has 0 radical (unpaired) electrons. The molecule has 0 aliphatic carbocycles. The molecule has 0 unspecified atom stereocenters. The molecule has 0 amide bonds. The van der Waals surface area contributed by atoms with Gasteiger partial charge in [0.25, 0.3) is 0 Å². The summed E-state index contributed by atoms with van der Waals surface area (Å²) in [5.41, 5.74) is 0. The van der Waals surface area contributed by atoms with Crippen molar-refractivity contribution in [1.82, 2.24) is 0 Å². The van der Waals surface area contributed by atoms with Gasteiger partial charge in [0.05, 0.1) is 6.42 Å². The largest absolute Gasteiger partial charge is 0.481 e. The fraction of sp³-hybridized carbons (Fsp3) is 0.800. The first kappa shape index (κ1) is 8.39. The summed E-state index contributed by atoms with van der Waals surface area (Å²) in [6.45, 7) is 1.46. The van der Waals surface area contributed by atoms with Crippen LogP contribution in [-0.2, 0) is 4.79 Å². The number of aliphatic carboxylic acids is 1. The SMILES string of the molecule is C[C@H](CC(=O)O)C(O)O. The van der Waals surface area contributed by atoms with E-state index < -0.39 is 18.2 Å². The van der Waals surface area contributed by atoms with Gasteiger partial charge in [0.1, 0.15) is 0 Å². The van der Waals surface area contributed by atoms with Crippen molar-refractivity contribution >= 4 is 5.97 Å². The van der Waals surface area contributed by atoms with Crippen LogP contribution >= 0.6 is 0 Å². The number of carbonyl (C=O) groups is 1. The van der Waals surface area contributed by atoms with Gasteiger partial charge < -0.3 is 15.3 Å². The van der Waals surface area contributed by atoms with E-state index in [-0.39, 0.29) is 6.42 Å². The number of aliphatic hydroxyl groups is 2. The van der Waals surface area contributed by atoms with Crippen molar-refractivity contribution in [3.8, 4) is 0 Å². The molecule has 0 spiro atoms. The lowest BCUT2D eigenvalue weighted by Gasteiger charge is -2.08. The third-order valence-electron chi connectivity index (χ3n) is 1.01. The molecule has 0 bridgehead atoms. The van der Waals surface area contributed by atoms with Crippen molar-refractivity contribution in [2.75, 3.05) is 0 Å². The Balaban J connectivity index is 3.50. The molecule has 0 heterocycles. The highest BCUT2D eigenvalue weighted by atomic mass is 16.5. The number of carboxylic acids is 1. The molecule has 0 aromatic heterocycles. The van der Waals surface area contributed by atoms with Crippen LogP contribution in [0.5, 0.6) is 0 Å². The van der Waals surface area contributed by atoms with Crippen LogP contribution in [0, 0.1) is 5.92 Å². The van der Waals surface area contributed by atoms with Gasteiger partial charge in [0, 0.05) is 5.92 Å². The molecule has 1 atom stereocenters. The van der Waals surface area contributed by atoms with Crippen molar-refractivity contribution in [3.63, 3.8) is 0 Å². The minimum absolute atomic E-state index is 0.211. The summed E-state index contributed by atoms with van der Waals surface area (Å²) in [6.07, 6.45) is -1.74. The standard InChI is InChI=1S/C5H10O4/c1-3(5(8)9)2-4(6)7/h3,5,8-9H,2H2,1H3,(H,6,7)/t3-/m1/s1. The third kappa shape index (κ3) is 3.93. The van der Waals surface area contributed by atoms with Crippen molar-refractivity contribution in [2.45, 2.75) is 19.6 Å². The molecule has 0 rings (SSSR count). The van der Waals surface area contributed by atoms with Gasteiger partial charge in [0.15, 0.2) is 6.29 Å². The van der Waals surface area contributed by atoms with E-state index >= 15 is 0 Å². The minimum atomic E-state index is -1.53. The van der Waals surface area contributed by atoms with Gasteiger partial charge in [-0.25, -0.2) is 0 Å². The zero-order valence-corrected chi connectivity index (χ0v) is 5.11. The van der Waals surface area contributed by atoms with Crippen LogP contribution in [0.3, 0.4) is 0 Å². The zero-order chi connectivity index (χ0) is 7.44. The molecule has 0 saturated heterocycles. The van der Waals surface area contributed by atoms with Crippen molar-refractivity contribution in [2.24, 2.45) is 5.92 Å². The highest BCUT2D eigenvalue weighted by Gasteiger charge is 2.13. The van der Waals surface area contributed by atoms with Crippen LogP contribution in [0.2, 0.25) is 0 Å². The highest BCUT2D eigenvalue weighted by molar-refractivity contribution is 5.66. The molecule has 0 aromatic carbocycles. The molecule has 54 valence electrons. The van der Waals surface area contributed by atoms with E-state index in [4.69, 9.17) is 15.3 Å². The van der Waals surface area contributed by atoms with Gasteiger partial charge in [-0.3, -0.25) is 4.79 Å². The van der Waals surface area contributed by atoms with E-state index in [9.17, 15) is 4.79 Å². The quantitative estimate of drug-likeness (QED) is 0.451. The fourth-order valence-corrected chi connectivity index (χ4v) is 0.381. The maximum absolute atomic E-state index is 9.89. The second-order valence-corrected chi connectivity index (χ2v) is 1.99. The van der Waals surface area contributed by atoms with E-state index in [1.165, 1.54) is 6.92 Å². The average Bonchev–Trinajstić information content (AvgIpc) is 1.63. The molecule has 0 aromatic rings. The second-order valence-electron chi connectivity index (χ2n) is 1.99. The lowest BCUT2D eigenvalue weighted by Crippen LogP contribution is -2.19. The van der Waals surface area contributed by atoms with Crippen LogP contribution in [0.4, 0.5) is 0 Å². The summed E-state index contributed by atoms with van der Waals surface area (Å²) in [7, 11) is 0. The highest BCUT2D eigenvalue weighted by Crippen LogP contribution is 2.04. The number of aliphatic hydroxyl groups excluding tert-OH is 1. The molecule has 0 aliphatic heterocycles. The average molecular weight is 134 g/mol. The molecular formula is C5H10O4. The molecular weight excluding hydrogens is 124 g/mol. The van der Waals surface area contributed by atoms with Crippen molar-refractivity contribution < 1.29 is 20.1 Å². The van der Waals surface area contributed by atoms with E-state index in [0.29, 0.717) is 0 Å². The first-order valence-electron chi connectivity index (χ1n) is 2.62. The van der Waals surface area contributed by atoms with Crippen LogP contribution in [0.15, 0.2) is 0 Å². The van der Waals surface area contributed by atoms with Crippen LogP contribution in [0.1, 0.15) is 13.3 Å². The van der Waals surface area contributed by atoms with Crippen molar-refractivity contribution in [3.05, 3.63) is 0 Å². The fourth-order valence-electron chi connectivity index (χ4n) is 0.381. The lowest BCUT2D eigenvalue weighted by molar-refractivity contribution is -0.143. The Morgan fingerprint density at radius 1 is 1.56 bits per heavy atom. The summed E-state index contributed by atoms with van der Waals surface area (Å²) in [5, 5.41) is 24.8. The normalized spacial score (nSPS) is 13.8. The maximum atomic E-state index is 9.89. The number of hydrogen-bond acceptors (Lipinski definition) is 3. The van der Waals surface area contributed by atoms with Crippen molar-refractivity contribution in [1.29, 1.82) is 0 Å². The Bertz CT molecular complexity index is 99.1. The lowest BCUT2D eigenvalue weighted by atomic mass is 10.1. The molecule has 0 aliphatic rings. The van der Waals surface area contributed by atoms with Crippen LogP contribution < -0.4 is 0 Å². The molecule has 0 fully saturated rings. The molecule has 0 saturated carbocycles. The summed E-state index contributed by atoms with van der Waals surface area (Å²) < 4.78 is 0. The predicted octanol–water partition coefficient (Wildman–Crippen LogP) is -0.592. The second kappa shape index (κ2) is 3.42. The number of rotatable bonds is 3. The smallest absolute Gasteiger partial charge is 0.303 e. The van der Waals surface area contributed by atoms with Crippen LogP contribution in [0.25, 0.3) is 0 Å². The predicted molar refractivity (Wildman–Crippen MR) is 29.6 cm³/mol. The molecule has 4 nitrogen and oxygen atoms in total. The van der Waals surface area contributed by atoms with Gasteiger partial charge in [-0.2, -0.15) is 0 Å². The van der Waals surface area contributed by atoms with E-state index in [1.54, 1.807) is 0 Å². The number of hydrogen-bond donors (Lipinski definition) is 3. The Morgan fingerprint density at radius 2 is 2.00 bits per heavy atom. The monoisotopic (exact) mass is 134 g/mol. The minimum Gasteiger partial charge on any atom is -0.481 e. The van der Waals surface area contributed by atoms with Gasteiger partial charge in [0.2, 0.25) is 0 Å². The summed E-state index contributed by atoms with van der Waals surface area (Å²) >= 11 is 0. The van der Waals surface area contributed by atoms with Gasteiger partial charge in [-0.15, -0.1) is 0 Å². The molecule has 9 heavy (non-hydrogen) atoms. The summed E-state index contributed by atoms with van der Waals surface area (Å²) in [4.78, 5) is 9.89. The summed E-state index contributed by atoms with van der Waals surface area (Å²) in [5.74, 6) is -1.61. The van der Waals surface area contributed by atoms with E-state index in [2.05, 4.69) is 0 Å².